The first-order chi connectivity index (χ1) is 12.3. The zero-order valence-corrected chi connectivity index (χ0v) is 14.0. The van der Waals surface area contributed by atoms with E-state index in [1.165, 1.54) is 0 Å². The molecule has 25 heavy (non-hydrogen) atoms. The Morgan fingerprint density at radius 2 is 2.00 bits per heavy atom. The molecule has 2 aromatic carbocycles. The average Bonchev–Trinajstić information content (AvgIpc) is 3.16. The highest BCUT2D eigenvalue weighted by Gasteiger charge is 2.30. The summed E-state index contributed by atoms with van der Waals surface area (Å²) in [7, 11) is 0. The molecule has 0 spiro atoms. The Hall–Kier alpha value is -2.88. The monoisotopic (exact) mass is 332 g/mol. The third-order valence-electron chi connectivity index (χ3n) is 4.73. The van der Waals surface area contributed by atoms with E-state index in [2.05, 4.69) is 11.1 Å². The van der Waals surface area contributed by atoms with Crippen LogP contribution >= 0.6 is 0 Å². The minimum Gasteiger partial charge on any atom is -0.484 e. The van der Waals surface area contributed by atoms with Gasteiger partial charge in [-0.2, -0.15) is 0 Å². The van der Waals surface area contributed by atoms with Crippen LogP contribution in [0.4, 0.5) is 0 Å². The number of hydrogen-bond donors (Lipinski definition) is 0. The van der Waals surface area contributed by atoms with Crippen molar-refractivity contribution < 1.29 is 9.53 Å². The van der Waals surface area contributed by atoms with E-state index in [1.807, 2.05) is 59.6 Å². The van der Waals surface area contributed by atoms with Gasteiger partial charge in [0, 0.05) is 18.9 Å². The summed E-state index contributed by atoms with van der Waals surface area (Å²) in [4.78, 5) is 18.7. The highest BCUT2D eigenvalue weighted by atomic mass is 16.5. The number of carbonyl (C=O) groups excluding carboxylic acids is 1. The highest BCUT2D eigenvalue weighted by Crippen LogP contribution is 2.31. The summed E-state index contributed by atoms with van der Waals surface area (Å²) in [6, 6.07) is 18.1. The van der Waals surface area contributed by atoms with Gasteiger partial charge in [0.2, 0.25) is 0 Å². The Bertz CT molecular complexity index is 879. The van der Waals surface area contributed by atoms with E-state index < -0.39 is 0 Å². The molecule has 0 unspecified atom stereocenters. The summed E-state index contributed by atoms with van der Waals surface area (Å²) < 4.78 is 5.77. The molecule has 3 aromatic rings. The Morgan fingerprint density at radius 3 is 2.84 bits per heavy atom. The maximum absolute atomic E-state index is 12.6. The highest BCUT2D eigenvalue weighted by molar-refractivity contribution is 5.84. The van der Waals surface area contributed by atoms with E-state index in [-0.39, 0.29) is 18.6 Å². The van der Waals surface area contributed by atoms with Gasteiger partial charge in [0.15, 0.2) is 6.61 Å². The van der Waals surface area contributed by atoms with Crippen molar-refractivity contribution in [3.05, 3.63) is 72.6 Å². The summed E-state index contributed by atoms with van der Waals surface area (Å²) >= 11 is 0. The Kier molecular flexibility index (Phi) is 4.34. The van der Waals surface area contributed by atoms with E-state index in [4.69, 9.17) is 4.74 Å². The number of nitrogens with zero attached hydrogens (tertiary/aromatic N) is 2. The van der Waals surface area contributed by atoms with Crippen LogP contribution in [-0.2, 0) is 4.79 Å². The number of aromatic nitrogens is 1. The van der Waals surface area contributed by atoms with E-state index in [0.29, 0.717) is 0 Å². The number of amides is 1. The molecule has 1 atom stereocenters. The summed E-state index contributed by atoms with van der Waals surface area (Å²) in [6.45, 7) is 0.842. The van der Waals surface area contributed by atoms with Gasteiger partial charge < -0.3 is 9.64 Å². The second-order valence-corrected chi connectivity index (χ2v) is 6.33. The largest absolute Gasteiger partial charge is 0.484 e. The molecule has 2 heterocycles. The maximum atomic E-state index is 12.6. The lowest BCUT2D eigenvalue weighted by Gasteiger charge is -2.24. The molecule has 1 saturated heterocycles. The summed E-state index contributed by atoms with van der Waals surface area (Å²) in [5, 5.41) is 2.28. The van der Waals surface area contributed by atoms with Crippen LogP contribution in [0.15, 0.2) is 67.0 Å². The van der Waals surface area contributed by atoms with Crippen LogP contribution in [0.3, 0.4) is 0 Å². The van der Waals surface area contributed by atoms with Gasteiger partial charge in [-0.15, -0.1) is 0 Å². The van der Waals surface area contributed by atoms with E-state index in [9.17, 15) is 4.79 Å². The predicted molar refractivity (Wildman–Crippen MR) is 97.4 cm³/mol. The average molecular weight is 332 g/mol. The van der Waals surface area contributed by atoms with Gasteiger partial charge in [0.25, 0.3) is 5.91 Å². The minimum absolute atomic E-state index is 0.0273. The standard InChI is InChI=1S/C21H20N2O2/c24-21(23-12-4-8-20(23)18-7-3-11-22-14-18)15-25-19-10-9-16-5-1-2-6-17(16)13-19/h1-3,5-7,9-11,13-14,20H,4,8,12,15H2/t20-/m0/s1. The van der Waals surface area contributed by atoms with E-state index >= 15 is 0 Å². The van der Waals surface area contributed by atoms with Crippen molar-refractivity contribution in [2.75, 3.05) is 13.2 Å². The molecule has 1 amide bonds. The van der Waals surface area contributed by atoms with Gasteiger partial charge in [-0.3, -0.25) is 9.78 Å². The molecule has 1 fully saturated rings. The zero-order valence-electron chi connectivity index (χ0n) is 14.0. The van der Waals surface area contributed by atoms with Crippen LogP contribution in [0.25, 0.3) is 10.8 Å². The van der Waals surface area contributed by atoms with Gasteiger partial charge in [0.1, 0.15) is 5.75 Å². The van der Waals surface area contributed by atoms with Crippen LogP contribution in [-0.4, -0.2) is 28.9 Å². The van der Waals surface area contributed by atoms with Crippen LogP contribution in [0.5, 0.6) is 5.75 Å². The van der Waals surface area contributed by atoms with Crippen molar-refractivity contribution in [1.29, 1.82) is 0 Å². The molecule has 1 aliphatic heterocycles. The molecule has 0 N–H and O–H groups in total. The van der Waals surface area contributed by atoms with Crippen LogP contribution in [0.2, 0.25) is 0 Å². The first kappa shape index (κ1) is 15.6. The molecule has 4 heteroatoms. The molecule has 4 rings (SSSR count). The molecule has 4 nitrogen and oxygen atoms in total. The molecule has 0 radical (unpaired) electrons. The molecule has 0 saturated carbocycles. The number of fused-ring (bicyclic) bond motifs is 1. The predicted octanol–water partition coefficient (Wildman–Crippen LogP) is 3.98. The second kappa shape index (κ2) is 6.93. The molecular formula is C21H20N2O2. The van der Waals surface area contributed by atoms with Crippen molar-refractivity contribution in [2.24, 2.45) is 0 Å². The Labute approximate surface area is 147 Å². The van der Waals surface area contributed by atoms with Crippen molar-refractivity contribution in [2.45, 2.75) is 18.9 Å². The molecule has 1 aromatic heterocycles. The molecule has 0 aliphatic carbocycles. The number of pyridine rings is 1. The lowest BCUT2D eigenvalue weighted by Crippen LogP contribution is -2.34. The number of ether oxygens (including phenoxy) is 1. The maximum Gasteiger partial charge on any atom is 0.261 e. The van der Waals surface area contributed by atoms with Gasteiger partial charge in [-0.1, -0.05) is 36.4 Å². The quantitative estimate of drug-likeness (QED) is 0.726. The van der Waals surface area contributed by atoms with Crippen molar-refractivity contribution in [1.82, 2.24) is 9.88 Å². The molecule has 1 aliphatic rings. The second-order valence-electron chi connectivity index (χ2n) is 6.33. The van der Waals surface area contributed by atoms with Crippen LogP contribution in [0.1, 0.15) is 24.4 Å². The number of carbonyl (C=O) groups is 1. The fraction of sp³-hybridized carbons (Fsp3) is 0.238. The molecule has 0 bridgehead atoms. The first-order valence-electron chi connectivity index (χ1n) is 8.62. The third-order valence-corrected chi connectivity index (χ3v) is 4.73. The zero-order chi connectivity index (χ0) is 17.1. The first-order valence-corrected chi connectivity index (χ1v) is 8.62. The molecule has 126 valence electrons. The SMILES string of the molecule is O=C(COc1ccc2ccccc2c1)N1CCC[C@H]1c1cccnc1. The lowest BCUT2D eigenvalue weighted by atomic mass is 10.1. The van der Waals surface area contributed by atoms with Gasteiger partial charge in [-0.05, 0) is 47.4 Å². The van der Waals surface area contributed by atoms with E-state index in [1.54, 1.807) is 6.20 Å². The number of hydrogen-bond acceptors (Lipinski definition) is 3. The normalized spacial score (nSPS) is 17.0. The Balaban J connectivity index is 1.44. The third kappa shape index (κ3) is 3.33. The lowest BCUT2D eigenvalue weighted by molar-refractivity contribution is -0.134. The summed E-state index contributed by atoms with van der Waals surface area (Å²) in [5.74, 6) is 0.753. The van der Waals surface area contributed by atoms with Crippen LogP contribution < -0.4 is 4.74 Å². The summed E-state index contributed by atoms with van der Waals surface area (Å²) in [6.07, 6.45) is 5.60. The molecular weight excluding hydrogens is 312 g/mol. The smallest absolute Gasteiger partial charge is 0.261 e. The number of benzene rings is 2. The fourth-order valence-electron chi connectivity index (χ4n) is 3.47. The van der Waals surface area contributed by atoms with Gasteiger partial charge in [0.05, 0.1) is 6.04 Å². The summed E-state index contributed by atoms with van der Waals surface area (Å²) in [5.41, 5.74) is 1.10. The topological polar surface area (TPSA) is 42.4 Å². The van der Waals surface area contributed by atoms with Crippen molar-refractivity contribution >= 4 is 16.7 Å². The number of likely N-dealkylation sites (tertiary alicyclic amines) is 1. The fourth-order valence-corrected chi connectivity index (χ4v) is 3.47. The van der Waals surface area contributed by atoms with Gasteiger partial charge in [-0.25, -0.2) is 0 Å². The van der Waals surface area contributed by atoms with Crippen molar-refractivity contribution in [3.8, 4) is 5.75 Å². The van der Waals surface area contributed by atoms with Gasteiger partial charge >= 0.3 is 0 Å². The van der Waals surface area contributed by atoms with E-state index in [0.717, 1.165) is 41.5 Å². The van der Waals surface area contributed by atoms with Crippen molar-refractivity contribution in [3.63, 3.8) is 0 Å². The minimum atomic E-state index is 0.0273. The number of rotatable bonds is 4. The van der Waals surface area contributed by atoms with Crippen LogP contribution in [0, 0.1) is 0 Å². The Morgan fingerprint density at radius 1 is 1.12 bits per heavy atom.